The topological polar surface area (TPSA) is 0 Å². The molecule has 0 heterocycles. The minimum atomic E-state index is 0.433. The highest BCUT2D eigenvalue weighted by Gasteiger charge is 2.53. The van der Waals surface area contributed by atoms with Crippen molar-refractivity contribution in [2.75, 3.05) is 0 Å². The number of aryl methyl sites for hydroxylation is 1. The van der Waals surface area contributed by atoms with E-state index < -0.39 is 0 Å². The van der Waals surface area contributed by atoms with Crippen molar-refractivity contribution in [1.82, 2.24) is 0 Å². The predicted molar refractivity (Wildman–Crippen MR) is 66.1 cm³/mol. The summed E-state index contributed by atoms with van der Waals surface area (Å²) in [7, 11) is 0. The Morgan fingerprint density at radius 1 is 1.00 bits per heavy atom. The largest absolute Gasteiger partial charge is 0.0594 e. The molecule has 1 aromatic carbocycles. The minimum Gasteiger partial charge on any atom is -0.0594 e. The van der Waals surface area contributed by atoms with Crippen LogP contribution in [-0.4, -0.2) is 0 Å². The quantitative estimate of drug-likeness (QED) is 0.627. The van der Waals surface area contributed by atoms with Crippen LogP contribution in [-0.2, 0) is 0 Å². The molecule has 0 heteroatoms. The first kappa shape index (κ1) is 10.7. The molecule has 0 aliphatic heterocycles. The Labute approximate surface area is 93.7 Å². The van der Waals surface area contributed by atoms with E-state index in [1.54, 1.807) is 0 Å². The lowest BCUT2D eigenvalue weighted by molar-refractivity contribution is -0.0487. The van der Waals surface area contributed by atoms with Crippen LogP contribution < -0.4 is 0 Å². The van der Waals surface area contributed by atoms with E-state index >= 15 is 0 Å². The van der Waals surface area contributed by atoms with Crippen molar-refractivity contribution in [1.29, 1.82) is 0 Å². The summed E-state index contributed by atoms with van der Waals surface area (Å²) in [5, 5.41) is 0. The summed E-state index contributed by atoms with van der Waals surface area (Å²) in [6, 6.07) is 9.07. The van der Waals surface area contributed by atoms with Gasteiger partial charge >= 0.3 is 0 Å². The van der Waals surface area contributed by atoms with E-state index in [0.29, 0.717) is 10.8 Å². The van der Waals surface area contributed by atoms with Gasteiger partial charge in [0, 0.05) is 0 Å². The van der Waals surface area contributed by atoms with E-state index in [2.05, 4.69) is 58.9 Å². The molecule has 1 fully saturated rings. The van der Waals surface area contributed by atoms with Crippen molar-refractivity contribution in [2.45, 2.75) is 47.0 Å². The molecule has 2 rings (SSSR count). The summed E-state index contributed by atoms with van der Waals surface area (Å²) in [5.41, 5.74) is 3.80. The second-order valence-electron chi connectivity index (χ2n) is 6.27. The third-order valence-electron chi connectivity index (χ3n) is 4.81. The molecule has 1 aliphatic rings. The molecule has 1 atom stereocenters. The zero-order valence-electron chi connectivity index (χ0n) is 10.6. The Balaban J connectivity index is 2.25. The molecule has 0 nitrogen and oxygen atoms in total. The van der Waals surface area contributed by atoms with Crippen LogP contribution in [0.3, 0.4) is 0 Å². The molecule has 82 valence electrons. The van der Waals surface area contributed by atoms with Gasteiger partial charge in [0.05, 0.1) is 0 Å². The Morgan fingerprint density at radius 2 is 1.53 bits per heavy atom. The van der Waals surface area contributed by atoms with Crippen LogP contribution in [0, 0.1) is 17.8 Å². The van der Waals surface area contributed by atoms with Crippen molar-refractivity contribution < 1.29 is 0 Å². The number of hydrogen-bond donors (Lipinski definition) is 0. The molecular weight excluding hydrogens is 180 g/mol. The van der Waals surface area contributed by atoms with Crippen LogP contribution in [0.2, 0.25) is 0 Å². The van der Waals surface area contributed by atoms with Crippen LogP contribution in [0.25, 0.3) is 0 Å². The molecule has 1 aliphatic carbocycles. The van der Waals surface area contributed by atoms with Gasteiger partial charge in [0.2, 0.25) is 0 Å². The zero-order valence-corrected chi connectivity index (χ0v) is 10.6. The summed E-state index contributed by atoms with van der Waals surface area (Å²) in [6.07, 6.45) is 1.32. The van der Waals surface area contributed by atoms with Gasteiger partial charge < -0.3 is 0 Å². The van der Waals surface area contributed by atoms with Crippen molar-refractivity contribution in [3.05, 3.63) is 35.4 Å². The first-order chi connectivity index (χ1) is 6.84. The van der Waals surface area contributed by atoms with E-state index in [0.717, 1.165) is 5.92 Å². The van der Waals surface area contributed by atoms with Gasteiger partial charge in [0.25, 0.3) is 0 Å². The van der Waals surface area contributed by atoms with E-state index in [9.17, 15) is 0 Å². The maximum absolute atomic E-state index is 2.40. The van der Waals surface area contributed by atoms with Crippen molar-refractivity contribution in [3.8, 4) is 0 Å². The van der Waals surface area contributed by atoms with Gasteiger partial charge in [-0.05, 0) is 35.7 Å². The van der Waals surface area contributed by atoms with Gasteiger partial charge in [-0.3, -0.25) is 0 Å². The second kappa shape index (κ2) is 3.10. The van der Waals surface area contributed by atoms with Gasteiger partial charge in [-0.15, -0.1) is 0 Å². The molecule has 0 amide bonds. The normalized spacial score (nSPS) is 27.1. The molecule has 0 aromatic heterocycles. The monoisotopic (exact) mass is 202 g/mol. The highest BCUT2D eigenvalue weighted by atomic mass is 14.6. The number of hydrogen-bond acceptors (Lipinski definition) is 0. The van der Waals surface area contributed by atoms with Crippen LogP contribution in [0.15, 0.2) is 24.3 Å². The van der Waals surface area contributed by atoms with Gasteiger partial charge in [-0.25, -0.2) is 0 Å². The molecule has 0 spiro atoms. The summed E-state index contributed by atoms with van der Waals surface area (Å²) in [4.78, 5) is 0. The smallest absolute Gasteiger partial charge is 0.0100 e. The summed E-state index contributed by atoms with van der Waals surface area (Å²) >= 11 is 0. The van der Waals surface area contributed by atoms with E-state index in [1.807, 2.05) is 0 Å². The SMILES string of the molecule is Cc1ccc(C2CC(C)(C)C2(C)C)cc1. The summed E-state index contributed by atoms with van der Waals surface area (Å²) in [5.74, 6) is 0.744. The Bertz CT molecular complexity index is 354. The number of rotatable bonds is 1. The average molecular weight is 202 g/mol. The predicted octanol–water partition coefficient (Wildman–Crippen LogP) is 4.53. The molecule has 0 radical (unpaired) electrons. The molecule has 1 aromatic rings. The number of benzene rings is 1. The average Bonchev–Trinajstić information content (AvgIpc) is 2.16. The first-order valence-electron chi connectivity index (χ1n) is 5.91. The maximum Gasteiger partial charge on any atom is -0.0100 e. The Hall–Kier alpha value is -0.780. The lowest BCUT2D eigenvalue weighted by Gasteiger charge is -2.59. The van der Waals surface area contributed by atoms with Crippen LogP contribution in [0.5, 0.6) is 0 Å². The standard InChI is InChI=1S/C15H22/c1-11-6-8-12(9-7-11)13-10-14(2,3)15(13,4)5/h6-9,13H,10H2,1-5H3. The van der Waals surface area contributed by atoms with Gasteiger partial charge in [-0.1, -0.05) is 57.5 Å². The third-order valence-corrected chi connectivity index (χ3v) is 4.81. The fourth-order valence-electron chi connectivity index (χ4n) is 2.70. The van der Waals surface area contributed by atoms with Gasteiger partial charge in [-0.2, -0.15) is 0 Å². The van der Waals surface area contributed by atoms with E-state index in [4.69, 9.17) is 0 Å². The molecule has 0 bridgehead atoms. The fourth-order valence-corrected chi connectivity index (χ4v) is 2.70. The Kier molecular flexibility index (Phi) is 2.22. The van der Waals surface area contributed by atoms with Crippen molar-refractivity contribution in [2.24, 2.45) is 10.8 Å². The van der Waals surface area contributed by atoms with Crippen molar-refractivity contribution in [3.63, 3.8) is 0 Å². The highest BCUT2D eigenvalue weighted by Crippen LogP contribution is 2.64. The van der Waals surface area contributed by atoms with Crippen molar-refractivity contribution >= 4 is 0 Å². The third kappa shape index (κ3) is 1.51. The fraction of sp³-hybridized carbons (Fsp3) is 0.600. The molecule has 1 saturated carbocycles. The molecular formula is C15H22. The zero-order chi connectivity index (χ0) is 11.3. The van der Waals surface area contributed by atoms with E-state index in [-0.39, 0.29) is 0 Å². The Morgan fingerprint density at radius 3 is 1.93 bits per heavy atom. The molecule has 0 saturated heterocycles. The summed E-state index contributed by atoms with van der Waals surface area (Å²) < 4.78 is 0. The second-order valence-corrected chi connectivity index (χ2v) is 6.27. The van der Waals surface area contributed by atoms with Crippen LogP contribution in [0.4, 0.5) is 0 Å². The van der Waals surface area contributed by atoms with Crippen LogP contribution in [0.1, 0.15) is 51.2 Å². The lowest BCUT2D eigenvalue weighted by atomic mass is 9.45. The molecule has 0 N–H and O–H groups in total. The lowest BCUT2D eigenvalue weighted by Crippen LogP contribution is -2.49. The maximum atomic E-state index is 2.40. The minimum absolute atomic E-state index is 0.433. The van der Waals surface area contributed by atoms with Gasteiger partial charge in [0.1, 0.15) is 0 Å². The summed E-state index contributed by atoms with van der Waals surface area (Å²) in [6.45, 7) is 11.7. The highest BCUT2D eigenvalue weighted by molar-refractivity contribution is 5.30. The van der Waals surface area contributed by atoms with E-state index in [1.165, 1.54) is 17.5 Å². The molecule has 1 unspecified atom stereocenters. The van der Waals surface area contributed by atoms with Crippen LogP contribution >= 0.6 is 0 Å². The molecule has 15 heavy (non-hydrogen) atoms. The van der Waals surface area contributed by atoms with Gasteiger partial charge in [0.15, 0.2) is 0 Å². The first-order valence-corrected chi connectivity index (χ1v) is 5.91.